The molecule has 1 saturated heterocycles. The summed E-state index contributed by atoms with van der Waals surface area (Å²) in [6.45, 7) is 3.86. The van der Waals surface area contributed by atoms with E-state index in [1.807, 2.05) is 6.92 Å². The van der Waals surface area contributed by atoms with Gasteiger partial charge in [-0.3, -0.25) is 4.79 Å². The second-order valence-corrected chi connectivity index (χ2v) is 6.10. The number of carbonyl (C=O) groups excluding carboxylic acids is 1. The van der Waals surface area contributed by atoms with Crippen molar-refractivity contribution in [2.75, 3.05) is 19.7 Å². The van der Waals surface area contributed by atoms with Crippen LogP contribution in [0.1, 0.15) is 18.9 Å². The third-order valence-electron chi connectivity index (χ3n) is 3.84. The Morgan fingerprint density at radius 1 is 1.57 bits per heavy atom. The summed E-state index contributed by atoms with van der Waals surface area (Å²) in [5.74, 6) is 0.399. The number of nitrogens with zero attached hydrogens (tertiary/aromatic N) is 1. The molecule has 2 rings (SSSR count). The first-order valence-corrected chi connectivity index (χ1v) is 7.24. The molecule has 2 atom stereocenters. The van der Waals surface area contributed by atoms with Gasteiger partial charge in [-0.05, 0) is 44.0 Å². The minimum absolute atomic E-state index is 0.0999. The summed E-state index contributed by atoms with van der Waals surface area (Å²) in [5.41, 5.74) is -0.276. The maximum atomic E-state index is 12.1. The van der Waals surface area contributed by atoms with Gasteiger partial charge in [0.25, 0.3) is 5.91 Å². The monoisotopic (exact) mass is 313 g/mol. The van der Waals surface area contributed by atoms with Crippen molar-refractivity contribution in [1.82, 2.24) is 4.90 Å². The third kappa shape index (κ3) is 3.87. The number of piperidine rings is 1. The largest absolute Gasteiger partial charge is 0.483 e. The molecule has 116 valence electrons. The van der Waals surface area contributed by atoms with Crippen molar-refractivity contribution in [2.45, 2.75) is 32.0 Å². The number of carbonyl (C=O) groups is 1. The van der Waals surface area contributed by atoms with Gasteiger partial charge in [0.05, 0.1) is 11.7 Å². The zero-order valence-corrected chi connectivity index (χ0v) is 12.9. The van der Waals surface area contributed by atoms with Crippen molar-refractivity contribution in [2.24, 2.45) is 0 Å². The number of ether oxygens (including phenoxy) is 1. The predicted molar refractivity (Wildman–Crippen MR) is 79.5 cm³/mol. The first-order chi connectivity index (χ1) is 9.79. The lowest BCUT2D eigenvalue weighted by atomic mass is 9.91. The van der Waals surface area contributed by atoms with Crippen molar-refractivity contribution in [3.63, 3.8) is 0 Å². The zero-order valence-electron chi connectivity index (χ0n) is 12.2. The second-order valence-electron chi connectivity index (χ2n) is 5.66. The molecule has 1 aromatic carbocycles. The molecule has 0 radical (unpaired) electrons. The van der Waals surface area contributed by atoms with E-state index >= 15 is 0 Å². The fraction of sp³-hybridized carbons (Fsp3) is 0.533. The lowest BCUT2D eigenvalue weighted by molar-refractivity contribution is -0.148. The molecule has 0 spiro atoms. The van der Waals surface area contributed by atoms with Crippen molar-refractivity contribution in [1.29, 1.82) is 0 Å². The maximum Gasteiger partial charge on any atom is 0.260 e. The number of rotatable bonds is 3. The Kier molecular flexibility index (Phi) is 4.76. The SMILES string of the molecule is Cc1cc(Cl)ccc1OCC(=O)N1CC[C@@](C)(O)[C@H](O)C1. The smallest absolute Gasteiger partial charge is 0.260 e. The summed E-state index contributed by atoms with van der Waals surface area (Å²) in [5, 5.41) is 20.3. The molecule has 6 heteroatoms. The number of hydrogen-bond acceptors (Lipinski definition) is 4. The van der Waals surface area contributed by atoms with E-state index in [0.29, 0.717) is 23.7 Å². The highest BCUT2D eigenvalue weighted by Gasteiger charge is 2.37. The molecule has 1 fully saturated rings. The zero-order chi connectivity index (χ0) is 15.6. The molecule has 0 aliphatic carbocycles. The highest BCUT2D eigenvalue weighted by Crippen LogP contribution is 2.23. The van der Waals surface area contributed by atoms with Gasteiger partial charge in [0, 0.05) is 18.1 Å². The number of halogens is 1. The van der Waals surface area contributed by atoms with Crippen molar-refractivity contribution >= 4 is 17.5 Å². The van der Waals surface area contributed by atoms with Crippen LogP contribution in [0.5, 0.6) is 5.75 Å². The van der Waals surface area contributed by atoms with Gasteiger partial charge < -0.3 is 19.8 Å². The van der Waals surface area contributed by atoms with Gasteiger partial charge in [0.15, 0.2) is 6.61 Å². The van der Waals surface area contributed by atoms with Crippen LogP contribution in [0.15, 0.2) is 18.2 Å². The van der Waals surface area contributed by atoms with Crippen LogP contribution in [0.25, 0.3) is 0 Å². The molecule has 0 bridgehead atoms. The first kappa shape index (κ1) is 16.1. The Morgan fingerprint density at radius 2 is 2.29 bits per heavy atom. The van der Waals surface area contributed by atoms with Gasteiger partial charge in [-0.15, -0.1) is 0 Å². The summed E-state index contributed by atoms with van der Waals surface area (Å²) in [7, 11) is 0. The lowest BCUT2D eigenvalue weighted by Crippen LogP contribution is -2.56. The summed E-state index contributed by atoms with van der Waals surface area (Å²) in [6.07, 6.45) is -0.590. The number of aliphatic hydroxyl groups is 2. The minimum atomic E-state index is -1.13. The van der Waals surface area contributed by atoms with E-state index in [2.05, 4.69) is 0 Å². The van der Waals surface area contributed by atoms with Crippen LogP contribution >= 0.6 is 11.6 Å². The molecule has 1 aliphatic rings. The van der Waals surface area contributed by atoms with E-state index in [4.69, 9.17) is 16.3 Å². The number of amides is 1. The van der Waals surface area contributed by atoms with Gasteiger partial charge >= 0.3 is 0 Å². The number of hydrogen-bond donors (Lipinski definition) is 2. The molecule has 1 amide bonds. The molecule has 1 heterocycles. The topological polar surface area (TPSA) is 70.0 Å². The molecule has 1 aromatic rings. The van der Waals surface area contributed by atoms with Gasteiger partial charge in [0.2, 0.25) is 0 Å². The summed E-state index contributed by atoms with van der Waals surface area (Å²) in [4.78, 5) is 13.6. The summed E-state index contributed by atoms with van der Waals surface area (Å²) < 4.78 is 5.50. The molecule has 5 nitrogen and oxygen atoms in total. The molecular formula is C15H20ClNO4. The quantitative estimate of drug-likeness (QED) is 0.884. The van der Waals surface area contributed by atoms with E-state index in [0.717, 1.165) is 5.56 Å². The Bertz CT molecular complexity index is 532. The van der Waals surface area contributed by atoms with Crippen molar-refractivity contribution < 1.29 is 19.7 Å². The Balaban J connectivity index is 1.90. The first-order valence-electron chi connectivity index (χ1n) is 6.87. The van der Waals surface area contributed by atoms with Gasteiger partial charge in [-0.25, -0.2) is 0 Å². The van der Waals surface area contributed by atoms with Gasteiger partial charge in [0.1, 0.15) is 5.75 Å². The van der Waals surface area contributed by atoms with E-state index < -0.39 is 11.7 Å². The van der Waals surface area contributed by atoms with Gasteiger partial charge in [-0.2, -0.15) is 0 Å². The molecule has 0 aromatic heterocycles. The second kappa shape index (κ2) is 6.22. The van der Waals surface area contributed by atoms with Crippen LogP contribution < -0.4 is 4.74 Å². The van der Waals surface area contributed by atoms with Crippen LogP contribution in [-0.4, -0.2) is 52.4 Å². The third-order valence-corrected chi connectivity index (χ3v) is 4.07. The molecule has 21 heavy (non-hydrogen) atoms. The molecular weight excluding hydrogens is 294 g/mol. The highest BCUT2D eigenvalue weighted by molar-refractivity contribution is 6.30. The molecule has 0 saturated carbocycles. The maximum absolute atomic E-state index is 12.1. The number of aliphatic hydroxyl groups excluding tert-OH is 1. The normalized spacial score (nSPS) is 25.8. The fourth-order valence-corrected chi connectivity index (χ4v) is 2.48. The highest BCUT2D eigenvalue weighted by atomic mass is 35.5. The Hall–Kier alpha value is -1.30. The van der Waals surface area contributed by atoms with E-state index in [9.17, 15) is 15.0 Å². The standard InChI is InChI=1S/C15H20ClNO4/c1-10-7-11(16)3-4-12(10)21-9-14(19)17-6-5-15(2,20)13(18)8-17/h3-4,7,13,18,20H,5-6,8-9H2,1-2H3/t13-,15-/m1/s1. The average Bonchev–Trinajstić information content (AvgIpc) is 2.40. The van der Waals surface area contributed by atoms with Crippen LogP contribution in [0.3, 0.4) is 0 Å². The van der Waals surface area contributed by atoms with Gasteiger partial charge in [-0.1, -0.05) is 11.6 Å². The predicted octanol–water partition coefficient (Wildman–Crippen LogP) is 1.37. The van der Waals surface area contributed by atoms with Crippen LogP contribution in [0.2, 0.25) is 5.02 Å². The van der Waals surface area contributed by atoms with E-state index in [-0.39, 0.29) is 19.1 Å². The van der Waals surface area contributed by atoms with Crippen molar-refractivity contribution in [3.8, 4) is 5.75 Å². The van der Waals surface area contributed by atoms with E-state index in [1.54, 1.807) is 25.1 Å². The van der Waals surface area contributed by atoms with Crippen LogP contribution in [-0.2, 0) is 4.79 Å². The number of likely N-dealkylation sites (tertiary alicyclic amines) is 1. The Morgan fingerprint density at radius 3 is 2.90 bits per heavy atom. The van der Waals surface area contributed by atoms with Crippen LogP contribution in [0.4, 0.5) is 0 Å². The van der Waals surface area contributed by atoms with Crippen LogP contribution in [0, 0.1) is 6.92 Å². The average molecular weight is 314 g/mol. The molecule has 2 N–H and O–H groups in total. The molecule has 1 aliphatic heterocycles. The minimum Gasteiger partial charge on any atom is -0.483 e. The number of benzene rings is 1. The fourth-order valence-electron chi connectivity index (χ4n) is 2.26. The molecule has 0 unspecified atom stereocenters. The van der Waals surface area contributed by atoms with Crippen molar-refractivity contribution in [3.05, 3.63) is 28.8 Å². The number of aryl methyl sites for hydroxylation is 1. The lowest BCUT2D eigenvalue weighted by Gasteiger charge is -2.39. The number of β-amino-alcohol motifs (C(OH)–C–C–N with tert-alkyl or cyclic N) is 1. The Labute approximate surface area is 129 Å². The van der Waals surface area contributed by atoms with E-state index in [1.165, 1.54) is 4.90 Å². The summed E-state index contributed by atoms with van der Waals surface area (Å²) >= 11 is 5.86. The summed E-state index contributed by atoms with van der Waals surface area (Å²) in [6, 6.07) is 5.19.